The van der Waals surface area contributed by atoms with Gasteiger partial charge in [-0.3, -0.25) is 4.79 Å². The van der Waals surface area contributed by atoms with Crippen molar-refractivity contribution in [2.75, 3.05) is 0 Å². The molecular formula is C20H28ClNO2. The predicted molar refractivity (Wildman–Crippen MR) is 94.6 cm³/mol. The lowest BCUT2D eigenvalue weighted by Gasteiger charge is -2.64. The Hall–Kier alpha value is -1.01. The summed E-state index contributed by atoms with van der Waals surface area (Å²) in [6, 6.07) is 2.42. The second kappa shape index (κ2) is 5.77. The van der Waals surface area contributed by atoms with Crippen LogP contribution in [0.4, 0.5) is 0 Å². The van der Waals surface area contributed by atoms with E-state index in [0.717, 1.165) is 50.5 Å². The topological polar surface area (TPSA) is 61.1 Å². The van der Waals surface area contributed by atoms with Crippen LogP contribution in [-0.2, 0) is 4.79 Å². The second-order valence-electron chi connectivity index (χ2n) is 8.96. The van der Waals surface area contributed by atoms with Crippen LogP contribution in [0.2, 0.25) is 0 Å². The molecule has 0 saturated heterocycles. The molecule has 3 aliphatic carbocycles. The van der Waals surface area contributed by atoms with Gasteiger partial charge in [0.1, 0.15) is 0 Å². The summed E-state index contributed by atoms with van der Waals surface area (Å²) < 4.78 is 0. The molecule has 0 aromatic heterocycles. The number of nitrogens with zero attached hydrogens (tertiary/aromatic N) is 1. The third-order valence-electron chi connectivity index (χ3n) is 7.83. The first-order valence-corrected chi connectivity index (χ1v) is 9.55. The monoisotopic (exact) mass is 349 g/mol. The van der Waals surface area contributed by atoms with Gasteiger partial charge in [-0.1, -0.05) is 25.5 Å². The van der Waals surface area contributed by atoms with Crippen molar-refractivity contribution in [3.05, 3.63) is 12.2 Å². The van der Waals surface area contributed by atoms with Gasteiger partial charge in [-0.15, -0.1) is 11.6 Å². The van der Waals surface area contributed by atoms with E-state index in [-0.39, 0.29) is 22.1 Å². The Kier molecular flexibility index (Phi) is 4.28. The Labute approximate surface area is 150 Å². The first kappa shape index (κ1) is 17.8. The number of aliphatic carboxylic acids is 1. The summed E-state index contributed by atoms with van der Waals surface area (Å²) in [5, 5.41) is 19.3. The van der Waals surface area contributed by atoms with Crippen LogP contribution in [0.1, 0.15) is 65.2 Å². The standard InChI is InChI=1S/C20H28ClNO2/c1-13-12-20(9-10-22)8-5-15-18(2,16(20)11-14(13)21)6-4-7-19(15,3)17(23)24/h14-16H,1,4-9,11-12H2,2-3H3,(H,23,24)/t14-,15-,16-,18-,19-,20+/m1/s1. The third kappa shape index (κ3) is 2.33. The van der Waals surface area contributed by atoms with Crippen LogP contribution in [0, 0.1) is 39.4 Å². The summed E-state index contributed by atoms with van der Waals surface area (Å²) in [5.74, 6) is -0.174. The van der Waals surface area contributed by atoms with Gasteiger partial charge in [0.2, 0.25) is 0 Å². The molecule has 24 heavy (non-hydrogen) atoms. The smallest absolute Gasteiger partial charge is 0.309 e. The van der Waals surface area contributed by atoms with E-state index in [2.05, 4.69) is 19.6 Å². The minimum Gasteiger partial charge on any atom is -0.481 e. The number of nitriles is 1. The molecule has 3 aliphatic rings. The van der Waals surface area contributed by atoms with Gasteiger partial charge < -0.3 is 5.11 Å². The van der Waals surface area contributed by atoms with Crippen LogP contribution in [-0.4, -0.2) is 16.5 Å². The lowest BCUT2D eigenvalue weighted by Crippen LogP contribution is -2.59. The molecule has 3 nitrogen and oxygen atoms in total. The van der Waals surface area contributed by atoms with Gasteiger partial charge in [0.25, 0.3) is 0 Å². The van der Waals surface area contributed by atoms with Crippen molar-refractivity contribution in [3.63, 3.8) is 0 Å². The van der Waals surface area contributed by atoms with E-state index in [1.165, 1.54) is 0 Å². The van der Waals surface area contributed by atoms with Crippen LogP contribution >= 0.6 is 11.6 Å². The van der Waals surface area contributed by atoms with Gasteiger partial charge in [0.15, 0.2) is 0 Å². The molecule has 6 atom stereocenters. The maximum Gasteiger partial charge on any atom is 0.309 e. The average Bonchev–Trinajstić information content (AvgIpc) is 2.49. The highest BCUT2D eigenvalue weighted by Crippen LogP contribution is 2.69. The fraction of sp³-hybridized carbons (Fsp3) is 0.800. The molecule has 0 unspecified atom stereocenters. The Morgan fingerprint density at radius 3 is 2.71 bits per heavy atom. The minimum absolute atomic E-state index is 0.0459. The molecule has 0 heterocycles. The first-order valence-electron chi connectivity index (χ1n) is 9.12. The van der Waals surface area contributed by atoms with Crippen molar-refractivity contribution in [1.29, 1.82) is 5.26 Å². The molecule has 0 bridgehead atoms. The lowest BCUT2D eigenvalue weighted by molar-refractivity contribution is -0.180. The molecule has 132 valence electrons. The molecule has 3 saturated carbocycles. The number of allylic oxidation sites excluding steroid dienone is 1. The predicted octanol–water partition coefficient (Wildman–Crippen LogP) is 5.15. The van der Waals surface area contributed by atoms with E-state index >= 15 is 0 Å². The zero-order valence-electron chi connectivity index (χ0n) is 14.8. The summed E-state index contributed by atoms with van der Waals surface area (Å²) in [7, 11) is 0. The Bertz CT molecular complexity index is 611. The average molecular weight is 350 g/mol. The van der Waals surface area contributed by atoms with Crippen LogP contribution in [0.15, 0.2) is 12.2 Å². The van der Waals surface area contributed by atoms with Crippen LogP contribution < -0.4 is 0 Å². The fourth-order valence-corrected chi connectivity index (χ4v) is 6.89. The van der Waals surface area contributed by atoms with Gasteiger partial charge in [-0.05, 0) is 68.1 Å². The lowest BCUT2D eigenvalue weighted by atomic mass is 9.40. The normalized spacial score (nSPS) is 48.1. The van der Waals surface area contributed by atoms with E-state index in [0.29, 0.717) is 12.3 Å². The molecule has 0 aliphatic heterocycles. The van der Waals surface area contributed by atoms with Crippen molar-refractivity contribution in [2.24, 2.45) is 28.1 Å². The van der Waals surface area contributed by atoms with Gasteiger partial charge in [0.05, 0.1) is 16.9 Å². The number of rotatable bonds is 2. The third-order valence-corrected chi connectivity index (χ3v) is 8.31. The molecule has 0 aromatic rings. The number of carboxylic acid groups (broad SMARTS) is 1. The van der Waals surface area contributed by atoms with E-state index in [1.807, 2.05) is 6.92 Å². The Morgan fingerprint density at radius 2 is 2.08 bits per heavy atom. The second-order valence-corrected chi connectivity index (χ2v) is 9.49. The maximum atomic E-state index is 12.1. The summed E-state index contributed by atoms with van der Waals surface area (Å²) in [6.45, 7) is 8.38. The Balaban J connectivity index is 2.05. The van der Waals surface area contributed by atoms with Gasteiger partial charge >= 0.3 is 5.97 Å². The molecule has 4 heteroatoms. The number of alkyl halides is 1. The number of hydrogen-bond acceptors (Lipinski definition) is 2. The number of carboxylic acids is 1. The minimum atomic E-state index is -0.658. The van der Waals surface area contributed by atoms with Crippen molar-refractivity contribution >= 4 is 17.6 Å². The van der Waals surface area contributed by atoms with Crippen molar-refractivity contribution in [3.8, 4) is 6.07 Å². The summed E-state index contributed by atoms with van der Waals surface area (Å²) in [5.41, 5.74) is 0.303. The van der Waals surface area contributed by atoms with Gasteiger partial charge in [0, 0.05) is 6.42 Å². The quantitative estimate of drug-likeness (QED) is 0.553. The van der Waals surface area contributed by atoms with Gasteiger partial charge in [-0.2, -0.15) is 5.26 Å². The molecule has 3 fully saturated rings. The van der Waals surface area contributed by atoms with E-state index in [1.54, 1.807) is 0 Å². The highest BCUT2D eigenvalue weighted by atomic mass is 35.5. The number of carbonyl (C=O) groups is 1. The SMILES string of the molecule is C=C1C[C@@]2(CC#N)CC[C@@H]3[C@@](C)(CCC[C@@]3(C)C(=O)O)[C@H]2C[C@H]1Cl. The van der Waals surface area contributed by atoms with Crippen molar-refractivity contribution < 1.29 is 9.90 Å². The number of hydrogen-bond donors (Lipinski definition) is 1. The van der Waals surface area contributed by atoms with E-state index in [9.17, 15) is 15.2 Å². The largest absolute Gasteiger partial charge is 0.481 e. The van der Waals surface area contributed by atoms with Crippen molar-refractivity contribution in [2.45, 2.75) is 70.6 Å². The molecule has 0 amide bonds. The highest BCUT2D eigenvalue weighted by molar-refractivity contribution is 6.22. The molecule has 0 aromatic carbocycles. The first-order chi connectivity index (χ1) is 11.2. The van der Waals surface area contributed by atoms with Gasteiger partial charge in [-0.25, -0.2) is 0 Å². The Morgan fingerprint density at radius 1 is 1.38 bits per heavy atom. The molecule has 3 rings (SSSR count). The summed E-state index contributed by atoms with van der Waals surface area (Å²) in [6.07, 6.45) is 6.78. The zero-order valence-corrected chi connectivity index (χ0v) is 15.5. The van der Waals surface area contributed by atoms with E-state index < -0.39 is 11.4 Å². The zero-order chi connectivity index (χ0) is 17.8. The summed E-state index contributed by atoms with van der Waals surface area (Å²) in [4.78, 5) is 12.1. The van der Waals surface area contributed by atoms with Crippen LogP contribution in [0.25, 0.3) is 0 Å². The summed E-state index contributed by atoms with van der Waals surface area (Å²) >= 11 is 6.58. The fourth-order valence-electron chi connectivity index (χ4n) is 6.64. The highest BCUT2D eigenvalue weighted by Gasteiger charge is 2.63. The number of halogens is 1. The molecular weight excluding hydrogens is 322 g/mol. The van der Waals surface area contributed by atoms with E-state index in [4.69, 9.17) is 11.6 Å². The molecule has 0 radical (unpaired) electrons. The molecule has 1 N–H and O–H groups in total. The number of fused-ring (bicyclic) bond motifs is 3. The molecule has 0 spiro atoms. The van der Waals surface area contributed by atoms with Crippen molar-refractivity contribution in [1.82, 2.24) is 0 Å². The maximum absolute atomic E-state index is 12.1. The van der Waals surface area contributed by atoms with Crippen LogP contribution in [0.3, 0.4) is 0 Å². The van der Waals surface area contributed by atoms with Crippen LogP contribution in [0.5, 0.6) is 0 Å².